The highest BCUT2D eigenvalue weighted by atomic mass is 19.1. The minimum atomic E-state index is -1.13. The Morgan fingerprint density at radius 2 is 1.81 bits per heavy atom. The highest BCUT2D eigenvalue weighted by Gasteiger charge is 2.37. The number of nitrogens with two attached hydrogens (primary N) is 1. The van der Waals surface area contributed by atoms with Crippen molar-refractivity contribution in [2.24, 2.45) is 5.73 Å². The number of para-hydroxylation sites is 1. The van der Waals surface area contributed by atoms with Crippen molar-refractivity contribution in [1.82, 2.24) is 0 Å². The fourth-order valence-corrected chi connectivity index (χ4v) is 2.37. The van der Waals surface area contributed by atoms with E-state index in [-0.39, 0.29) is 5.69 Å². The zero-order chi connectivity index (χ0) is 15.5. The third kappa shape index (κ3) is 2.89. The first-order chi connectivity index (χ1) is 9.99. The molecular formula is C17H19FN2O. The van der Waals surface area contributed by atoms with Gasteiger partial charge in [-0.3, -0.25) is 4.79 Å². The number of primary amides is 1. The maximum atomic E-state index is 13.9. The van der Waals surface area contributed by atoms with Crippen LogP contribution in [0.2, 0.25) is 0 Å². The highest BCUT2D eigenvalue weighted by molar-refractivity contribution is 5.89. The second-order valence-electron chi connectivity index (χ2n) is 5.09. The van der Waals surface area contributed by atoms with E-state index in [0.29, 0.717) is 6.42 Å². The van der Waals surface area contributed by atoms with Gasteiger partial charge in [0, 0.05) is 0 Å². The average Bonchev–Trinajstić information content (AvgIpc) is 2.47. The molecule has 110 valence electrons. The molecule has 0 aliphatic carbocycles. The summed E-state index contributed by atoms with van der Waals surface area (Å²) >= 11 is 0. The maximum absolute atomic E-state index is 13.9. The standard InChI is InChI=1S/C17H19FN2O/c1-3-17(16(19)21,13-10-8-12(2)9-11-13)20-15-7-5-4-6-14(15)18/h4-11,20H,3H2,1-2H3,(H2,19,21). The quantitative estimate of drug-likeness (QED) is 0.885. The van der Waals surface area contributed by atoms with Crippen LogP contribution in [0.5, 0.6) is 0 Å². The lowest BCUT2D eigenvalue weighted by Crippen LogP contribution is -2.47. The van der Waals surface area contributed by atoms with Gasteiger partial charge in [-0.2, -0.15) is 0 Å². The predicted molar refractivity (Wildman–Crippen MR) is 82.4 cm³/mol. The molecule has 0 saturated carbocycles. The fourth-order valence-electron chi connectivity index (χ4n) is 2.37. The number of benzene rings is 2. The lowest BCUT2D eigenvalue weighted by molar-refractivity contribution is -0.122. The number of halogens is 1. The lowest BCUT2D eigenvalue weighted by Gasteiger charge is -2.32. The normalized spacial score (nSPS) is 13.5. The van der Waals surface area contributed by atoms with Gasteiger partial charge in [-0.1, -0.05) is 48.9 Å². The van der Waals surface area contributed by atoms with Gasteiger partial charge < -0.3 is 11.1 Å². The molecule has 0 saturated heterocycles. The molecule has 2 aromatic carbocycles. The van der Waals surface area contributed by atoms with Crippen LogP contribution in [0, 0.1) is 12.7 Å². The van der Waals surface area contributed by atoms with Crippen molar-refractivity contribution < 1.29 is 9.18 Å². The number of rotatable bonds is 5. The SMILES string of the molecule is CCC(Nc1ccccc1F)(C(N)=O)c1ccc(C)cc1. The van der Waals surface area contributed by atoms with Gasteiger partial charge >= 0.3 is 0 Å². The van der Waals surface area contributed by atoms with Crippen LogP contribution in [0.3, 0.4) is 0 Å². The molecule has 2 rings (SSSR count). The van der Waals surface area contributed by atoms with Crippen LogP contribution in [0.4, 0.5) is 10.1 Å². The molecule has 1 atom stereocenters. The van der Waals surface area contributed by atoms with Crippen LogP contribution >= 0.6 is 0 Å². The molecule has 2 aromatic rings. The van der Waals surface area contributed by atoms with Gasteiger partial charge in [-0.15, -0.1) is 0 Å². The van der Waals surface area contributed by atoms with E-state index in [1.165, 1.54) is 6.07 Å². The van der Waals surface area contributed by atoms with Crippen molar-refractivity contribution in [2.45, 2.75) is 25.8 Å². The van der Waals surface area contributed by atoms with Gasteiger partial charge in [0.15, 0.2) is 0 Å². The number of nitrogens with one attached hydrogen (secondary N) is 1. The van der Waals surface area contributed by atoms with Crippen LogP contribution in [0.25, 0.3) is 0 Å². The molecule has 3 nitrogen and oxygen atoms in total. The largest absolute Gasteiger partial charge is 0.367 e. The molecule has 0 heterocycles. The van der Waals surface area contributed by atoms with Gasteiger partial charge in [0.2, 0.25) is 5.91 Å². The first-order valence-corrected chi connectivity index (χ1v) is 6.89. The Morgan fingerprint density at radius 1 is 1.19 bits per heavy atom. The zero-order valence-electron chi connectivity index (χ0n) is 12.2. The van der Waals surface area contributed by atoms with E-state index in [1.54, 1.807) is 18.2 Å². The summed E-state index contributed by atoms with van der Waals surface area (Å²) in [5, 5.41) is 3.00. The Balaban J connectivity index is 2.50. The van der Waals surface area contributed by atoms with Crippen molar-refractivity contribution in [3.8, 4) is 0 Å². The van der Waals surface area contributed by atoms with E-state index in [2.05, 4.69) is 5.32 Å². The van der Waals surface area contributed by atoms with Crippen molar-refractivity contribution in [3.05, 3.63) is 65.5 Å². The summed E-state index contributed by atoms with van der Waals surface area (Å²) in [6, 6.07) is 13.8. The van der Waals surface area contributed by atoms with Crippen molar-refractivity contribution >= 4 is 11.6 Å². The van der Waals surface area contributed by atoms with Crippen LogP contribution in [0.1, 0.15) is 24.5 Å². The summed E-state index contributed by atoms with van der Waals surface area (Å²) in [5.41, 5.74) is 6.57. The Labute approximate surface area is 124 Å². The monoisotopic (exact) mass is 286 g/mol. The van der Waals surface area contributed by atoms with Crippen LogP contribution in [-0.4, -0.2) is 5.91 Å². The molecule has 0 fully saturated rings. The van der Waals surface area contributed by atoms with Crippen molar-refractivity contribution in [1.29, 1.82) is 0 Å². The van der Waals surface area contributed by atoms with Crippen LogP contribution in [0.15, 0.2) is 48.5 Å². The number of aryl methyl sites for hydroxylation is 1. The molecule has 0 radical (unpaired) electrons. The molecular weight excluding hydrogens is 267 g/mol. The van der Waals surface area contributed by atoms with E-state index in [0.717, 1.165) is 11.1 Å². The Hall–Kier alpha value is -2.36. The molecule has 3 N–H and O–H groups in total. The smallest absolute Gasteiger partial charge is 0.247 e. The summed E-state index contributed by atoms with van der Waals surface area (Å²) in [6.07, 6.45) is 0.416. The third-order valence-electron chi connectivity index (χ3n) is 3.72. The molecule has 0 spiro atoms. The van der Waals surface area contributed by atoms with E-state index in [1.807, 2.05) is 38.1 Å². The topological polar surface area (TPSA) is 55.1 Å². The van der Waals surface area contributed by atoms with Crippen LogP contribution < -0.4 is 11.1 Å². The van der Waals surface area contributed by atoms with Gasteiger partial charge in [0.1, 0.15) is 11.4 Å². The number of carbonyl (C=O) groups excluding carboxylic acids is 1. The van der Waals surface area contributed by atoms with E-state index >= 15 is 0 Å². The molecule has 0 bridgehead atoms. The van der Waals surface area contributed by atoms with Crippen LogP contribution in [-0.2, 0) is 10.3 Å². The minimum Gasteiger partial charge on any atom is -0.367 e. The number of carbonyl (C=O) groups is 1. The number of amides is 1. The highest BCUT2D eigenvalue weighted by Crippen LogP contribution is 2.31. The van der Waals surface area contributed by atoms with E-state index < -0.39 is 17.3 Å². The number of anilines is 1. The summed E-state index contributed by atoms with van der Waals surface area (Å²) in [7, 11) is 0. The Kier molecular flexibility index (Phi) is 4.26. The van der Waals surface area contributed by atoms with Gasteiger partial charge in [0.05, 0.1) is 5.69 Å². The second-order valence-corrected chi connectivity index (χ2v) is 5.09. The third-order valence-corrected chi connectivity index (χ3v) is 3.72. The summed E-state index contributed by atoms with van der Waals surface area (Å²) in [5.74, 6) is -0.944. The number of hydrogen-bond donors (Lipinski definition) is 2. The minimum absolute atomic E-state index is 0.263. The second kappa shape index (κ2) is 5.95. The van der Waals surface area contributed by atoms with Gasteiger partial charge in [0.25, 0.3) is 0 Å². The van der Waals surface area contributed by atoms with Gasteiger partial charge in [-0.25, -0.2) is 4.39 Å². The molecule has 4 heteroatoms. The summed E-state index contributed by atoms with van der Waals surface area (Å²) < 4.78 is 13.9. The first-order valence-electron chi connectivity index (χ1n) is 6.89. The zero-order valence-corrected chi connectivity index (χ0v) is 12.2. The molecule has 21 heavy (non-hydrogen) atoms. The first kappa shape index (κ1) is 15.0. The molecule has 0 aliphatic heterocycles. The molecule has 0 aliphatic rings. The Bertz CT molecular complexity index is 639. The van der Waals surface area contributed by atoms with Gasteiger partial charge in [-0.05, 0) is 31.0 Å². The predicted octanol–water partition coefficient (Wildman–Crippen LogP) is 3.34. The molecule has 1 amide bonds. The van der Waals surface area contributed by atoms with E-state index in [9.17, 15) is 9.18 Å². The lowest BCUT2D eigenvalue weighted by atomic mass is 9.85. The Morgan fingerprint density at radius 3 is 2.33 bits per heavy atom. The fraction of sp³-hybridized carbons (Fsp3) is 0.235. The number of hydrogen-bond acceptors (Lipinski definition) is 2. The average molecular weight is 286 g/mol. The summed E-state index contributed by atoms with van der Waals surface area (Å²) in [6.45, 7) is 3.81. The molecule has 0 aromatic heterocycles. The van der Waals surface area contributed by atoms with Crippen molar-refractivity contribution in [2.75, 3.05) is 5.32 Å². The van der Waals surface area contributed by atoms with Crippen molar-refractivity contribution in [3.63, 3.8) is 0 Å². The molecule has 1 unspecified atom stereocenters. The van der Waals surface area contributed by atoms with E-state index in [4.69, 9.17) is 5.73 Å². The summed E-state index contributed by atoms with van der Waals surface area (Å²) in [4.78, 5) is 12.1. The maximum Gasteiger partial charge on any atom is 0.247 e.